The molecule has 0 aliphatic heterocycles. The van der Waals surface area contributed by atoms with Gasteiger partial charge in [-0.25, -0.2) is 0 Å². The van der Waals surface area contributed by atoms with Gasteiger partial charge in [-0.05, 0) is 29.2 Å². The van der Waals surface area contributed by atoms with E-state index in [2.05, 4.69) is 24.0 Å². The van der Waals surface area contributed by atoms with Crippen molar-refractivity contribution in [2.75, 3.05) is 12.8 Å². The van der Waals surface area contributed by atoms with Crippen molar-refractivity contribution in [1.82, 2.24) is 10.2 Å². The number of nitrogens with one attached hydrogen (secondary N) is 2. The van der Waals surface area contributed by atoms with E-state index < -0.39 is 0 Å². The van der Waals surface area contributed by atoms with Crippen molar-refractivity contribution in [3.05, 3.63) is 34.1 Å². The van der Waals surface area contributed by atoms with Crippen LogP contribution < -0.4 is 16.0 Å². The normalized spacial score (nSPS) is 10.9. The van der Waals surface area contributed by atoms with Crippen molar-refractivity contribution < 1.29 is 4.74 Å². The van der Waals surface area contributed by atoms with Gasteiger partial charge in [-0.1, -0.05) is 19.9 Å². The summed E-state index contributed by atoms with van der Waals surface area (Å²) in [7, 11) is 1.64. The molecule has 0 aliphatic carbocycles. The highest BCUT2D eigenvalue weighted by atomic mass is 16.5. The molecule has 5 heteroatoms. The molecule has 0 spiro atoms. The maximum absolute atomic E-state index is 11.7. The Hall–Kier alpha value is -2.17. The van der Waals surface area contributed by atoms with Gasteiger partial charge in [-0.15, -0.1) is 0 Å². The van der Waals surface area contributed by atoms with Crippen LogP contribution in [0.4, 0.5) is 5.82 Å². The largest absolute Gasteiger partial charge is 0.496 e. The third-order valence-electron chi connectivity index (χ3n) is 2.95. The number of H-pyrrole nitrogens is 2. The fourth-order valence-corrected chi connectivity index (χ4v) is 2.00. The first-order valence-electron chi connectivity index (χ1n) is 5.79. The van der Waals surface area contributed by atoms with Gasteiger partial charge in [0.2, 0.25) is 0 Å². The number of nitrogens with two attached hydrogens (primary N) is 1. The molecule has 0 saturated heterocycles. The topological polar surface area (TPSA) is 83.9 Å². The number of ether oxygens (including phenoxy) is 1. The zero-order chi connectivity index (χ0) is 13.3. The molecule has 0 saturated carbocycles. The van der Waals surface area contributed by atoms with Crippen molar-refractivity contribution in [1.29, 1.82) is 0 Å². The Labute approximate surface area is 105 Å². The van der Waals surface area contributed by atoms with Crippen LogP contribution in [0.5, 0.6) is 5.75 Å². The summed E-state index contributed by atoms with van der Waals surface area (Å²) in [5.41, 5.74) is 7.85. The van der Waals surface area contributed by atoms with Crippen LogP contribution in [-0.4, -0.2) is 17.3 Å². The van der Waals surface area contributed by atoms with Crippen LogP contribution in [0.3, 0.4) is 0 Å². The molecule has 18 heavy (non-hydrogen) atoms. The van der Waals surface area contributed by atoms with Gasteiger partial charge in [0.05, 0.1) is 12.7 Å². The lowest BCUT2D eigenvalue weighted by Crippen LogP contribution is -2.03. The van der Waals surface area contributed by atoms with Crippen molar-refractivity contribution in [2.24, 2.45) is 0 Å². The lowest BCUT2D eigenvalue weighted by Gasteiger charge is -2.13. The second-order valence-electron chi connectivity index (χ2n) is 4.48. The minimum atomic E-state index is -0.215. The van der Waals surface area contributed by atoms with Crippen LogP contribution in [0.2, 0.25) is 0 Å². The van der Waals surface area contributed by atoms with Gasteiger partial charge in [0.25, 0.3) is 5.56 Å². The Morgan fingerprint density at radius 3 is 2.50 bits per heavy atom. The van der Waals surface area contributed by atoms with E-state index in [1.807, 2.05) is 18.2 Å². The molecule has 0 unspecified atom stereocenters. The Balaban J connectivity index is 2.61. The summed E-state index contributed by atoms with van der Waals surface area (Å²) in [5.74, 6) is 1.47. The lowest BCUT2D eigenvalue weighted by atomic mass is 9.97. The monoisotopic (exact) mass is 247 g/mol. The number of nitrogen functional groups attached to an aromatic ring is 1. The first-order valence-corrected chi connectivity index (χ1v) is 5.79. The van der Waals surface area contributed by atoms with Gasteiger partial charge in [-0.2, -0.15) is 0 Å². The number of hydrogen-bond acceptors (Lipinski definition) is 3. The molecule has 1 aromatic carbocycles. The van der Waals surface area contributed by atoms with Gasteiger partial charge >= 0.3 is 0 Å². The summed E-state index contributed by atoms with van der Waals surface area (Å²) < 4.78 is 5.31. The maximum Gasteiger partial charge on any atom is 0.273 e. The fraction of sp³-hybridized carbons (Fsp3) is 0.308. The molecule has 0 fully saturated rings. The first kappa shape index (κ1) is 12.3. The zero-order valence-corrected chi connectivity index (χ0v) is 10.7. The zero-order valence-electron chi connectivity index (χ0n) is 10.7. The second-order valence-corrected chi connectivity index (χ2v) is 4.48. The van der Waals surface area contributed by atoms with Crippen molar-refractivity contribution >= 4 is 5.82 Å². The molecule has 2 aromatic rings. The Morgan fingerprint density at radius 1 is 1.28 bits per heavy atom. The predicted octanol–water partition coefficient (Wildman–Crippen LogP) is 2.08. The molecule has 2 rings (SSSR count). The number of hydrogen-bond donors (Lipinski definition) is 3. The van der Waals surface area contributed by atoms with E-state index in [0.717, 1.165) is 16.9 Å². The van der Waals surface area contributed by atoms with Crippen molar-refractivity contribution in [3.8, 4) is 16.9 Å². The molecule has 0 amide bonds. The number of aromatic amines is 2. The van der Waals surface area contributed by atoms with Crippen molar-refractivity contribution in [3.63, 3.8) is 0 Å². The van der Waals surface area contributed by atoms with Gasteiger partial charge in [0, 0.05) is 0 Å². The smallest absolute Gasteiger partial charge is 0.273 e. The van der Waals surface area contributed by atoms with E-state index >= 15 is 0 Å². The summed E-state index contributed by atoms with van der Waals surface area (Å²) in [6.45, 7) is 4.15. The summed E-state index contributed by atoms with van der Waals surface area (Å²) in [6.07, 6.45) is 0. The molecule has 0 radical (unpaired) electrons. The average Bonchev–Trinajstić information content (AvgIpc) is 2.68. The van der Waals surface area contributed by atoms with Crippen LogP contribution >= 0.6 is 0 Å². The Bertz CT molecular complexity index is 611. The standard InChI is InChI=1S/C13H17N3O2/c1-7(2)9-6-8(4-5-10(9)18-3)11-12(14)15-16-13(11)17/h4-7H,1-3H3,(H4,14,15,16,17). The van der Waals surface area contributed by atoms with Crippen LogP contribution in [0.1, 0.15) is 25.3 Å². The second kappa shape index (κ2) is 4.60. The van der Waals surface area contributed by atoms with E-state index in [4.69, 9.17) is 10.5 Å². The van der Waals surface area contributed by atoms with Crippen LogP contribution in [-0.2, 0) is 0 Å². The SMILES string of the molecule is COc1ccc(-c2c(N)[nH][nH]c2=O)cc1C(C)C. The molecule has 0 bridgehead atoms. The summed E-state index contributed by atoms with van der Waals surface area (Å²) in [6, 6.07) is 5.63. The molecule has 96 valence electrons. The molecule has 0 atom stereocenters. The maximum atomic E-state index is 11.7. The highest BCUT2D eigenvalue weighted by Gasteiger charge is 2.14. The van der Waals surface area contributed by atoms with E-state index in [0.29, 0.717) is 17.3 Å². The summed E-state index contributed by atoms with van der Waals surface area (Å²) in [5, 5.41) is 5.10. The van der Waals surface area contributed by atoms with Crippen LogP contribution in [0, 0.1) is 0 Å². The predicted molar refractivity (Wildman–Crippen MR) is 71.9 cm³/mol. The number of aromatic nitrogens is 2. The third kappa shape index (κ3) is 1.99. The van der Waals surface area contributed by atoms with E-state index in [-0.39, 0.29) is 5.56 Å². The Morgan fingerprint density at radius 2 is 2.00 bits per heavy atom. The molecule has 1 heterocycles. The van der Waals surface area contributed by atoms with Crippen molar-refractivity contribution in [2.45, 2.75) is 19.8 Å². The third-order valence-corrected chi connectivity index (χ3v) is 2.95. The molecular weight excluding hydrogens is 230 g/mol. The quantitative estimate of drug-likeness (QED) is 0.776. The molecule has 5 nitrogen and oxygen atoms in total. The lowest BCUT2D eigenvalue weighted by molar-refractivity contribution is 0.407. The van der Waals surface area contributed by atoms with E-state index in [1.165, 1.54) is 0 Å². The van der Waals surface area contributed by atoms with E-state index in [9.17, 15) is 4.79 Å². The first-order chi connectivity index (χ1) is 8.54. The van der Waals surface area contributed by atoms with Gasteiger partial charge in [0.15, 0.2) is 0 Å². The number of rotatable bonds is 3. The minimum Gasteiger partial charge on any atom is -0.496 e. The highest BCUT2D eigenvalue weighted by Crippen LogP contribution is 2.31. The fourth-order valence-electron chi connectivity index (χ4n) is 2.00. The summed E-state index contributed by atoms with van der Waals surface area (Å²) in [4.78, 5) is 11.7. The molecule has 4 N–H and O–H groups in total. The summed E-state index contributed by atoms with van der Waals surface area (Å²) >= 11 is 0. The van der Waals surface area contributed by atoms with Crippen LogP contribution in [0.15, 0.2) is 23.0 Å². The Kier molecular flexibility index (Phi) is 3.14. The molecule has 1 aromatic heterocycles. The van der Waals surface area contributed by atoms with Gasteiger partial charge in [-0.3, -0.25) is 15.0 Å². The molecule has 0 aliphatic rings. The van der Waals surface area contributed by atoms with Gasteiger partial charge < -0.3 is 10.5 Å². The average molecular weight is 247 g/mol. The number of anilines is 1. The minimum absolute atomic E-state index is 0.215. The molecular formula is C13H17N3O2. The highest BCUT2D eigenvalue weighted by molar-refractivity contribution is 5.74. The van der Waals surface area contributed by atoms with E-state index in [1.54, 1.807) is 7.11 Å². The van der Waals surface area contributed by atoms with Crippen LogP contribution in [0.25, 0.3) is 11.1 Å². The number of benzene rings is 1. The number of methoxy groups -OCH3 is 1. The van der Waals surface area contributed by atoms with Gasteiger partial charge in [0.1, 0.15) is 11.6 Å².